The lowest BCUT2D eigenvalue weighted by Gasteiger charge is -2.01. The van der Waals surface area contributed by atoms with E-state index in [1.54, 1.807) is 11.3 Å². The van der Waals surface area contributed by atoms with Crippen molar-refractivity contribution in [2.24, 2.45) is 0 Å². The first-order valence-corrected chi connectivity index (χ1v) is 6.18. The number of hydrogen-bond donors (Lipinski definition) is 1. The fourth-order valence-corrected chi connectivity index (χ4v) is 3.52. The number of aryl methyl sites for hydroxylation is 3. The molecular weight excluding hydrogens is 206 g/mol. The summed E-state index contributed by atoms with van der Waals surface area (Å²) < 4.78 is 0. The third-order valence-electron chi connectivity index (χ3n) is 2.96. The second-order valence-electron chi connectivity index (χ2n) is 3.92. The first-order chi connectivity index (χ1) is 7.29. The number of aromatic nitrogens is 2. The van der Waals surface area contributed by atoms with Gasteiger partial charge in [0.25, 0.3) is 0 Å². The third-order valence-corrected chi connectivity index (χ3v) is 4.14. The summed E-state index contributed by atoms with van der Waals surface area (Å²) in [4.78, 5) is 11.4. The van der Waals surface area contributed by atoms with Crippen LogP contribution in [0.4, 0.5) is 5.82 Å². The number of thiophene rings is 1. The largest absolute Gasteiger partial charge is 0.383 e. The molecule has 2 aromatic rings. The molecule has 1 aliphatic rings. The Morgan fingerprint density at radius 1 is 1.33 bits per heavy atom. The first kappa shape index (κ1) is 9.09. The summed E-state index contributed by atoms with van der Waals surface area (Å²) in [6, 6.07) is 0. The highest BCUT2D eigenvalue weighted by molar-refractivity contribution is 7.19. The quantitative estimate of drug-likeness (QED) is 0.800. The minimum absolute atomic E-state index is 0.677. The van der Waals surface area contributed by atoms with E-state index < -0.39 is 0 Å². The Bertz CT molecular complexity index is 530. The molecule has 0 aromatic carbocycles. The Hall–Kier alpha value is -1.16. The van der Waals surface area contributed by atoms with Crippen LogP contribution in [-0.2, 0) is 19.3 Å². The van der Waals surface area contributed by atoms with Crippen LogP contribution in [0.1, 0.15) is 29.6 Å². The molecule has 0 bridgehead atoms. The zero-order valence-corrected chi connectivity index (χ0v) is 9.52. The second kappa shape index (κ2) is 3.17. The average molecular weight is 219 g/mol. The van der Waals surface area contributed by atoms with Gasteiger partial charge in [-0.1, -0.05) is 6.92 Å². The van der Waals surface area contributed by atoms with Crippen molar-refractivity contribution in [2.45, 2.75) is 32.6 Å². The van der Waals surface area contributed by atoms with Crippen LogP contribution in [0.3, 0.4) is 0 Å². The van der Waals surface area contributed by atoms with Gasteiger partial charge in [-0.05, 0) is 24.8 Å². The van der Waals surface area contributed by atoms with E-state index in [0.29, 0.717) is 5.82 Å². The van der Waals surface area contributed by atoms with Gasteiger partial charge in [0.1, 0.15) is 16.5 Å². The average Bonchev–Trinajstić information content (AvgIpc) is 2.75. The summed E-state index contributed by atoms with van der Waals surface area (Å²) in [6.45, 7) is 2.06. The Labute approximate surface area is 92.4 Å². The van der Waals surface area contributed by atoms with Crippen molar-refractivity contribution in [1.29, 1.82) is 0 Å². The highest BCUT2D eigenvalue weighted by atomic mass is 32.1. The lowest BCUT2D eigenvalue weighted by molar-refractivity contribution is 0.915. The molecule has 1 aliphatic carbocycles. The summed E-state index contributed by atoms with van der Waals surface area (Å²) in [7, 11) is 0. The van der Waals surface area contributed by atoms with E-state index in [0.717, 1.165) is 28.9 Å². The Morgan fingerprint density at radius 3 is 3.00 bits per heavy atom. The molecule has 2 aromatic heterocycles. The molecule has 0 aliphatic heterocycles. The van der Waals surface area contributed by atoms with Crippen molar-refractivity contribution in [3.8, 4) is 0 Å². The Kier molecular flexibility index (Phi) is 1.92. The second-order valence-corrected chi connectivity index (χ2v) is 5.00. The van der Waals surface area contributed by atoms with Gasteiger partial charge in [0, 0.05) is 11.3 Å². The predicted molar refractivity (Wildman–Crippen MR) is 63.2 cm³/mol. The predicted octanol–water partition coefficient (Wildman–Crippen LogP) is 2.32. The fraction of sp³-hybridized carbons (Fsp3) is 0.455. The molecule has 3 rings (SSSR count). The van der Waals surface area contributed by atoms with Crippen LogP contribution in [0, 0.1) is 0 Å². The molecule has 2 N–H and O–H groups in total. The number of nitrogen functional groups attached to an aromatic ring is 1. The fourth-order valence-electron chi connectivity index (χ4n) is 2.23. The van der Waals surface area contributed by atoms with Crippen LogP contribution in [0.15, 0.2) is 0 Å². The maximum atomic E-state index is 6.01. The summed E-state index contributed by atoms with van der Waals surface area (Å²) in [6.07, 6.45) is 4.44. The monoisotopic (exact) mass is 219 g/mol. The van der Waals surface area contributed by atoms with E-state index in [2.05, 4.69) is 16.9 Å². The highest BCUT2D eigenvalue weighted by Crippen LogP contribution is 2.38. The van der Waals surface area contributed by atoms with E-state index in [1.165, 1.54) is 23.3 Å². The molecular formula is C11H13N3S. The molecule has 4 heteroatoms. The number of nitrogens with zero attached hydrogens (tertiary/aromatic N) is 2. The van der Waals surface area contributed by atoms with Gasteiger partial charge in [0.2, 0.25) is 0 Å². The number of hydrogen-bond acceptors (Lipinski definition) is 4. The molecule has 0 spiro atoms. The van der Waals surface area contributed by atoms with Crippen molar-refractivity contribution >= 4 is 27.4 Å². The number of rotatable bonds is 1. The van der Waals surface area contributed by atoms with Gasteiger partial charge < -0.3 is 5.73 Å². The van der Waals surface area contributed by atoms with Crippen LogP contribution in [0.5, 0.6) is 0 Å². The van der Waals surface area contributed by atoms with Gasteiger partial charge in [0.15, 0.2) is 0 Å². The molecule has 0 unspecified atom stereocenters. The number of anilines is 1. The number of nitrogens with two attached hydrogens (primary N) is 1. The van der Waals surface area contributed by atoms with Crippen molar-refractivity contribution in [3.05, 3.63) is 16.3 Å². The van der Waals surface area contributed by atoms with Gasteiger partial charge >= 0.3 is 0 Å². The van der Waals surface area contributed by atoms with Crippen LogP contribution < -0.4 is 5.73 Å². The molecule has 2 heterocycles. The summed E-state index contributed by atoms with van der Waals surface area (Å²) in [5.41, 5.74) is 7.42. The van der Waals surface area contributed by atoms with Gasteiger partial charge in [0.05, 0.1) is 5.39 Å². The van der Waals surface area contributed by atoms with Gasteiger partial charge in [-0.15, -0.1) is 11.3 Å². The van der Waals surface area contributed by atoms with Crippen LogP contribution in [0.2, 0.25) is 0 Å². The minimum atomic E-state index is 0.677. The van der Waals surface area contributed by atoms with Crippen LogP contribution in [-0.4, -0.2) is 9.97 Å². The maximum absolute atomic E-state index is 6.01. The Morgan fingerprint density at radius 2 is 2.20 bits per heavy atom. The topological polar surface area (TPSA) is 51.8 Å². The minimum Gasteiger partial charge on any atom is -0.383 e. The molecule has 0 atom stereocenters. The van der Waals surface area contributed by atoms with E-state index >= 15 is 0 Å². The maximum Gasteiger partial charge on any atom is 0.136 e. The van der Waals surface area contributed by atoms with Gasteiger partial charge in [-0.2, -0.15) is 0 Å². The van der Waals surface area contributed by atoms with Crippen molar-refractivity contribution in [1.82, 2.24) is 9.97 Å². The standard InChI is InChI=1S/C11H13N3S/c1-2-8-13-10(12)9-6-4-3-5-7(6)15-11(9)14-8/h2-5H2,1H3,(H2,12,13,14). The molecule has 15 heavy (non-hydrogen) atoms. The van der Waals surface area contributed by atoms with E-state index in [9.17, 15) is 0 Å². The summed E-state index contributed by atoms with van der Waals surface area (Å²) in [5.74, 6) is 1.54. The molecule has 3 nitrogen and oxygen atoms in total. The highest BCUT2D eigenvalue weighted by Gasteiger charge is 2.20. The molecule has 0 fully saturated rings. The zero-order valence-electron chi connectivity index (χ0n) is 8.71. The third kappa shape index (κ3) is 1.24. The van der Waals surface area contributed by atoms with E-state index in [4.69, 9.17) is 5.73 Å². The zero-order chi connectivity index (χ0) is 10.4. The normalized spacial score (nSPS) is 14.7. The van der Waals surface area contributed by atoms with Gasteiger partial charge in [-0.3, -0.25) is 0 Å². The number of fused-ring (bicyclic) bond motifs is 3. The summed E-state index contributed by atoms with van der Waals surface area (Å²) in [5, 5.41) is 1.13. The molecule has 0 saturated carbocycles. The summed E-state index contributed by atoms with van der Waals surface area (Å²) >= 11 is 1.80. The molecule has 0 saturated heterocycles. The van der Waals surface area contributed by atoms with Gasteiger partial charge in [-0.25, -0.2) is 9.97 Å². The van der Waals surface area contributed by atoms with Crippen molar-refractivity contribution < 1.29 is 0 Å². The lowest BCUT2D eigenvalue weighted by atomic mass is 10.2. The van der Waals surface area contributed by atoms with Crippen LogP contribution >= 0.6 is 11.3 Å². The van der Waals surface area contributed by atoms with Crippen molar-refractivity contribution in [2.75, 3.05) is 5.73 Å². The SMILES string of the molecule is CCc1nc(N)c2c3c(sc2n1)CCC3. The Balaban J connectivity index is 2.34. The molecule has 0 amide bonds. The molecule has 78 valence electrons. The van der Waals surface area contributed by atoms with E-state index in [1.807, 2.05) is 0 Å². The first-order valence-electron chi connectivity index (χ1n) is 5.36. The van der Waals surface area contributed by atoms with Crippen molar-refractivity contribution in [3.63, 3.8) is 0 Å². The lowest BCUT2D eigenvalue weighted by Crippen LogP contribution is -1.99. The molecule has 0 radical (unpaired) electrons. The smallest absolute Gasteiger partial charge is 0.136 e. The van der Waals surface area contributed by atoms with Crippen LogP contribution in [0.25, 0.3) is 10.2 Å². The van der Waals surface area contributed by atoms with E-state index in [-0.39, 0.29) is 0 Å².